The summed E-state index contributed by atoms with van der Waals surface area (Å²) < 4.78 is 0. The molecule has 0 aromatic carbocycles. The molecule has 3 nitrogen and oxygen atoms in total. The van der Waals surface area contributed by atoms with Crippen molar-refractivity contribution >= 4 is 5.78 Å². The molecule has 3 N–H and O–H groups in total. The molecule has 0 saturated carbocycles. The maximum Gasteiger partial charge on any atom is 0.192 e. The zero-order chi connectivity index (χ0) is 6.91. The average molecular weight is 127 g/mol. The molecule has 0 saturated heterocycles. The molecule has 1 aliphatic carbocycles. The lowest BCUT2D eigenvalue weighted by Gasteiger charge is -2.19. The number of aliphatic hydroxyl groups is 1. The largest absolute Gasteiger partial charge is 0.366 e. The van der Waals surface area contributed by atoms with Crippen molar-refractivity contribution in [3.8, 4) is 0 Å². The zero-order valence-electron chi connectivity index (χ0n) is 5.00. The van der Waals surface area contributed by atoms with Gasteiger partial charge in [-0.05, 0) is 12.5 Å². The Labute approximate surface area is 53.2 Å². The summed E-state index contributed by atoms with van der Waals surface area (Å²) in [5.74, 6) is -0.301. The molecule has 9 heavy (non-hydrogen) atoms. The highest BCUT2D eigenvalue weighted by molar-refractivity contribution is 5.89. The fourth-order valence-electron chi connectivity index (χ4n) is 0.771. The van der Waals surface area contributed by atoms with Crippen LogP contribution in [0.5, 0.6) is 0 Å². The summed E-state index contributed by atoms with van der Waals surface area (Å²) in [4.78, 5) is 10.7. The summed E-state index contributed by atoms with van der Waals surface area (Å²) in [7, 11) is 0. The van der Waals surface area contributed by atoms with E-state index in [1.807, 2.05) is 0 Å². The maximum absolute atomic E-state index is 10.7. The van der Waals surface area contributed by atoms with E-state index in [0.29, 0.717) is 12.8 Å². The minimum atomic E-state index is -1.68. The van der Waals surface area contributed by atoms with E-state index in [2.05, 4.69) is 0 Å². The first kappa shape index (κ1) is 6.45. The van der Waals surface area contributed by atoms with Crippen LogP contribution in [-0.2, 0) is 4.79 Å². The Morgan fingerprint density at radius 3 is 2.78 bits per heavy atom. The van der Waals surface area contributed by atoms with E-state index in [1.54, 1.807) is 6.08 Å². The second kappa shape index (κ2) is 1.93. The lowest BCUT2D eigenvalue weighted by atomic mass is 9.99. The Morgan fingerprint density at radius 2 is 2.44 bits per heavy atom. The minimum Gasteiger partial charge on any atom is -0.366 e. The van der Waals surface area contributed by atoms with E-state index in [-0.39, 0.29) is 5.78 Å². The summed E-state index contributed by atoms with van der Waals surface area (Å²) in [5.41, 5.74) is 3.46. The number of hydrogen-bond donors (Lipinski definition) is 2. The molecule has 0 heterocycles. The highest BCUT2D eigenvalue weighted by Gasteiger charge is 2.28. The third-order valence-corrected chi connectivity index (χ3v) is 1.36. The molecule has 0 bridgehead atoms. The molecule has 1 rings (SSSR count). The lowest BCUT2D eigenvalue weighted by molar-refractivity contribution is -0.133. The monoisotopic (exact) mass is 127 g/mol. The molecule has 1 unspecified atom stereocenters. The van der Waals surface area contributed by atoms with Crippen molar-refractivity contribution in [1.82, 2.24) is 0 Å². The van der Waals surface area contributed by atoms with Gasteiger partial charge in [0.25, 0.3) is 0 Å². The second-order valence-corrected chi connectivity index (χ2v) is 2.19. The van der Waals surface area contributed by atoms with Gasteiger partial charge in [-0.1, -0.05) is 6.08 Å². The third-order valence-electron chi connectivity index (χ3n) is 1.36. The van der Waals surface area contributed by atoms with E-state index < -0.39 is 5.72 Å². The minimum absolute atomic E-state index is 0.301. The van der Waals surface area contributed by atoms with Gasteiger partial charge in [-0.25, -0.2) is 0 Å². The van der Waals surface area contributed by atoms with Crippen LogP contribution in [0.3, 0.4) is 0 Å². The van der Waals surface area contributed by atoms with E-state index in [9.17, 15) is 4.79 Å². The van der Waals surface area contributed by atoms with Crippen LogP contribution < -0.4 is 5.73 Å². The Morgan fingerprint density at radius 1 is 1.78 bits per heavy atom. The molecular weight excluding hydrogens is 118 g/mol. The lowest BCUT2D eigenvalue weighted by Crippen LogP contribution is -2.47. The van der Waals surface area contributed by atoms with E-state index in [4.69, 9.17) is 10.8 Å². The first-order chi connectivity index (χ1) is 4.13. The SMILES string of the molecule is NC1(O)C=CCCC1=O. The Balaban J connectivity index is 2.81. The van der Waals surface area contributed by atoms with Crippen LogP contribution in [0, 0.1) is 0 Å². The normalized spacial score (nSPS) is 35.1. The number of hydrogen-bond acceptors (Lipinski definition) is 3. The average Bonchev–Trinajstić information content (AvgIpc) is 1.77. The van der Waals surface area contributed by atoms with Crippen molar-refractivity contribution in [1.29, 1.82) is 0 Å². The Kier molecular flexibility index (Phi) is 1.38. The standard InChI is InChI=1S/C6H9NO2/c7-6(9)4-2-1-3-5(6)8/h2,4,9H,1,3,7H2. The van der Waals surface area contributed by atoms with Gasteiger partial charge in [0.2, 0.25) is 0 Å². The van der Waals surface area contributed by atoms with E-state index in [1.165, 1.54) is 6.08 Å². The van der Waals surface area contributed by atoms with Crippen molar-refractivity contribution in [3.05, 3.63) is 12.2 Å². The van der Waals surface area contributed by atoms with Gasteiger partial charge in [-0.15, -0.1) is 0 Å². The van der Waals surface area contributed by atoms with Gasteiger partial charge in [0.1, 0.15) is 0 Å². The Hall–Kier alpha value is -0.670. The summed E-state index contributed by atoms with van der Waals surface area (Å²) >= 11 is 0. The van der Waals surface area contributed by atoms with Crippen LogP contribution in [0.4, 0.5) is 0 Å². The molecule has 0 radical (unpaired) electrons. The highest BCUT2D eigenvalue weighted by Crippen LogP contribution is 2.11. The van der Waals surface area contributed by atoms with Gasteiger partial charge in [0, 0.05) is 6.42 Å². The van der Waals surface area contributed by atoms with Crippen molar-refractivity contribution < 1.29 is 9.90 Å². The summed E-state index contributed by atoms with van der Waals surface area (Å²) in [5, 5.41) is 8.98. The predicted octanol–water partition coefficient (Wildman–Crippen LogP) is -0.447. The number of carbonyl (C=O) groups is 1. The molecule has 3 heteroatoms. The number of rotatable bonds is 0. The number of nitrogens with two attached hydrogens (primary N) is 1. The van der Waals surface area contributed by atoms with Crippen molar-refractivity contribution in [2.24, 2.45) is 5.73 Å². The van der Waals surface area contributed by atoms with Gasteiger partial charge in [-0.2, -0.15) is 0 Å². The van der Waals surface area contributed by atoms with Crippen molar-refractivity contribution in [3.63, 3.8) is 0 Å². The number of Topliss-reactive ketones (excluding diaryl/α,β-unsaturated/α-hetero) is 1. The molecule has 0 fully saturated rings. The van der Waals surface area contributed by atoms with Gasteiger partial charge in [-0.3, -0.25) is 10.5 Å². The first-order valence-corrected chi connectivity index (χ1v) is 2.85. The van der Waals surface area contributed by atoms with Crippen LogP contribution in [0.1, 0.15) is 12.8 Å². The van der Waals surface area contributed by atoms with Gasteiger partial charge in [0.15, 0.2) is 11.5 Å². The molecule has 50 valence electrons. The zero-order valence-corrected chi connectivity index (χ0v) is 5.00. The topological polar surface area (TPSA) is 63.3 Å². The molecule has 1 atom stereocenters. The second-order valence-electron chi connectivity index (χ2n) is 2.19. The molecule has 0 aromatic rings. The maximum atomic E-state index is 10.7. The van der Waals surface area contributed by atoms with Crippen LogP contribution in [0.2, 0.25) is 0 Å². The molecule has 0 spiro atoms. The number of ketones is 1. The summed E-state index contributed by atoms with van der Waals surface area (Å²) in [6.45, 7) is 0. The molecule has 1 aliphatic rings. The fourth-order valence-corrected chi connectivity index (χ4v) is 0.771. The van der Waals surface area contributed by atoms with Gasteiger partial charge in [0.05, 0.1) is 0 Å². The predicted molar refractivity (Wildman–Crippen MR) is 32.5 cm³/mol. The molecule has 0 aliphatic heterocycles. The number of carbonyl (C=O) groups excluding carboxylic acids is 1. The summed E-state index contributed by atoms with van der Waals surface area (Å²) in [6, 6.07) is 0. The Bertz CT molecular complexity index is 160. The van der Waals surface area contributed by atoms with Crippen LogP contribution >= 0.6 is 0 Å². The van der Waals surface area contributed by atoms with E-state index >= 15 is 0 Å². The quantitative estimate of drug-likeness (QED) is 0.342. The highest BCUT2D eigenvalue weighted by atomic mass is 16.3. The van der Waals surface area contributed by atoms with Crippen LogP contribution in [-0.4, -0.2) is 16.6 Å². The summed E-state index contributed by atoms with van der Waals surface area (Å²) in [6.07, 6.45) is 4.09. The molecular formula is C6H9NO2. The van der Waals surface area contributed by atoms with Crippen molar-refractivity contribution in [2.45, 2.75) is 18.6 Å². The number of allylic oxidation sites excluding steroid dienone is 1. The molecule has 0 amide bonds. The van der Waals surface area contributed by atoms with Gasteiger partial charge < -0.3 is 5.11 Å². The fraction of sp³-hybridized carbons (Fsp3) is 0.500. The third kappa shape index (κ3) is 1.17. The van der Waals surface area contributed by atoms with Crippen LogP contribution in [0.25, 0.3) is 0 Å². The smallest absolute Gasteiger partial charge is 0.192 e. The van der Waals surface area contributed by atoms with E-state index in [0.717, 1.165) is 0 Å². The molecule has 0 aromatic heterocycles. The van der Waals surface area contributed by atoms with Gasteiger partial charge >= 0.3 is 0 Å². The first-order valence-electron chi connectivity index (χ1n) is 2.85. The van der Waals surface area contributed by atoms with Crippen LogP contribution in [0.15, 0.2) is 12.2 Å². The van der Waals surface area contributed by atoms with Crippen molar-refractivity contribution in [2.75, 3.05) is 0 Å².